The number of halogens is 1. The second-order valence-corrected chi connectivity index (χ2v) is 9.14. The van der Waals surface area contributed by atoms with E-state index < -0.39 is 6.17 Å². The van der Waals surface area contributed by atoms with Crippen LogP contribution >= 0.6 is 33.9 Å². The minimum Gasteiger partial charge on any atom is -0.507 e. The van der Waals surface area contributed by atoms with E-state index in [0.29, 0.717) is 37.2 Å². The van der Waals surface area contributed by atoms with E-state index in [-0.39, 0.29) is 17.7 Å². The maximum Gasteiger partial charge on any atom is 0.410 e. The summed E-state index contributed by atoms with van der Waals surface area (Å²) in [6.07, 6.45) is -0.211. The molecule has 0 saturated carbocycles. The van der Waals surface area contributed by atoms with E-state index in [4.69, 9.17) is 4.74 Å². The molecule has 0 radical (unpaired) electrons. The summed E-state index contributed by atoms with van der Waals surface area (Å²) in [4.78, 5) is 27.6. The molecule has 148 valence electrons. The van der Waals surface area contributed by atoms with Gasteiger partial charge in [0.2, 0.25) is 0 Å². The van der Waals surface area contributed by atoms with Crippen LogP contribution in [0.5, 0.6) is 5.75 Å². The van der Waals surface area contributed by atoms with Gasteiger partial charge < -0.3 is 25.4 Å². The van der Waals surface area contributed by atoms with Crippen LogP contribution in [-0.4, -0.2) is 35.2 Å². The average molecular weight is 513 g/mol. The molecule has 3 heterocycles. The second-order valence-electron chi connectivity index (χ2n) is 6.79. The highest BCUT2D eigenvalue weighted by Crippen LogP contribution is 2.42. The highest BCUT2D eigenvalue weighted by Gasteiger charge is 2.35. The number of nitrogens with zero attached hydrogens (tertiary/aromatic N) is 1. The molecule has 0 spiro atoms. The summed E-state index contributed by atoms with van der Waals surface area (Å²) in [7, 11) is 0. The molecule has 0 bridgehead atoms. The molecule has 2 amide bonds. The van der Waals surface area contributed by atoms with E-state index >= 15 is 0 Å². The number of benzene rings is 1. The summed E-state index contributed by atoms with van der Waals surface area (Å²) in [6, 6.07) is 3.76. The quantitative estimate of drug-likeness (QED) is 0.533. The fourth-order valence-corrected chi connectivity index (χ4v) is 5.71. The van der Waals surface area contributed by atoms with Crippen LogP contribution in [0.25, 0.3) is 0 Å². The lowest BCUT2D eigenvalue weighted by molar-refractivity contribution is 0.0934. The van der Waals surface area contributed by atoms with Crippen LogP contribution in [0.3, 0.4) is 0 Å². The number of aryl methyl sites for hydroxylation is 1. The first kappa shape index (κ1) is 19.3. The lowest BCUT2D eigenvalue weighted by Crippen LogP contribution is -2.39. The summed E-state index contributed by atoms with van der Waals surface area (Å²) in [5, 5.41) is 17.6. The molecule has 2 aliphatic rings. The fraction of sp³-hybridized carbons (Fsp3) is 0.368. The number of aromatic hydroxyl groups is 1. The topological polar surface area (TPSA) is 90.9 Å². The van der Waals surface area contributed by atoms with Crippen LogP contribution in [0.15, 0.2) is 12.1 Å². The monoisotopic (exact) mass is 513 g/mol. The van der Waals surface area contributed by atoms with Gasteiger partial charge >= 0.3 is 6.09 Å². The maximum atomic E-state index is 12.9. The Morgan fingerprint density at radius 1 is 1.43 bits per heavy atom. The number of thiophene rings is 1. The van der Waals surface area contributed by atoms with Crippen molar-refractivity contribution in [2.24, 2.45) is 0 Å². The maximum absolute atomic E-state index is 12.9. The zero-order chi connectivity index (χ0) is 20.0. The standard InChI is InChI=1S/C19H20IN3O4S/c1-3-27-19(26)23-5-4-11-13(8-23)28-18-14(11)17(25)21-16(22-18)12-7-10(20)6-9(2)15(12)24/h6-7,16,22,24H,3-5,8H2,1-2H3,(H,21,25)/t16-/m1/s1. The molecular formula is C19H20IN3O4S. The van der Waals surface area contributed by atoms with Gasteiger partial charge in [0.15, 0.2) is 0 Å². The van der Waals surface area contributed by atoms with E-state index in [1.807, 2.05) is 19.1 Å². The molecule has 1 aromatic heterocycles. The average Bonchev–Trinajstić information content (AvgIpc) is 3.02. The zero-order valence-electron chi connectivity index (χ0n) is 15.5. The Balaban J connectivity index is 1.64. The number of carbonyl (C=O) groups excluding carboxylic acids is 2. The Kier molecular flexibility index (Phi) is 5.13. The van der Waals surface area contributed by atoms with Gasteiger partial charge in [0.25, 0.3) is 5.91 Å². The van der Waals surface area contributed by atoms with E-state index in [1.165, 1.54) is 11.3 Å². The molecule has 2 aromatic rings. The molecule has 4 rings (SSSR count). The highest BCUT2D eigenvalue weighted by atomic mass is 127. The second kappa shape index (κ2) is 7.43. The number of phenols is 1. The normalized spacial score (nSPS) is 18.0. The SMILES string of the molecule is CCOC(=O)N1CCc2c(sc3c2C(=O)N[C@@H](c2cc(I)cc(C)c2O)N3)C1. The summed E-state index contributed by atoms with van der Waals surface area (Å²) >= 11 is 3.68. The fourth-order valence-electron chi connectivity index (χ4n) is 3.62. The van der Waals surface area contributed by atoms with Gasteiger partial charge in [-0.1, -0.05) is 0 Å². The third-order valence-corrected chi connectivity index (χ3v) is 6.74. The lowest BCUT2D eigenvalue weighted by Gasteiger charge is -2.28. The van der Waals surface area contributed by atoms with Crippen LogP contribution in [0.2, 0.25) is 0 Å². The Bertz CT molecular complexity index is 975. The predicted octanol–water partition coefficient (Wildman–Crippen LogP) is 3.74. The van der Waals surface area contributed by atoms with Gasteiger partial charge in [0.1, 0.15) is 16.9 Å². The van der Waals surface area contributed by atoms with Gasteiger partial charge in [-0.15, -0.1) is 11.3 Å². The van der Waals surface area contributed by atoms with Gasteiger partial charge in [-0.05, 0) is 66.1 Å². The molecule has 3 N–H and O–H groups in total. The Hall–Kier alpha value is -2.01. The summed E-state index contributed by atoms with van der Waals surface area (Å²) in [6.45, 7) is 4.94. The van der Waals surface area contributed by atoms with Crippen LogP contribution < -0.4 is 10.6 Å². The number of carbonyl (C=O) groups is 2. The molecule has 0 unspecified atom stereocenters. The van der Waals surface area contributed by atoms with Gasteiger partial charge in [-0.3, -0.25) is 4.79 Å². The number of fused-ring (bicyclic) bond motifs is 3. The van der Waals surface area contributed by atoms with Crippen molar-refractivity contribution in [1.82, 2.24) is 10.2 Å². The first-order valence-corrected chi connectivity index (χ1v) is 10.9. The summed E-state index contributed by atoms with van der Waals surface area (Å²) in [5.41, 5.74) is 3.05. The lowest BCUT2D eigenvalue weighted by atomic mass is 10.00. The molecule has 1 atom stereocenters. The Morgan fingerprint density at radius 3 is 2.96 bits per heavy atom. The minimum absolute atomic E-state index is 0.156. The number of ether oxygens (including phenoxy) is 1. The largest absolute Gasteiger partial charge is 0.507 e. The van der Waals surface area contributed by atoms with Crippen molar-refractivity contribution in [3.63, 3.8) is 0 Å². The molecule has 0 fully saturated rings. The first-order valence-electron chi connectivity index (χ1n) is 9.01. The number of hydrogen-bond donors (Lipinski definition) is 3. The van der Waals surface area contributed by atoms with Crippen molar-refractivity contribution in [3.05, 3.63) is 42.8 Å². The van der Waals surface area contributed by atoms with Crippen molar-refractivity contribution < 1.29 is 19.4 Å². The van der Waals surface area contributed by atoms with Crippen molar-refractivity contribution in [1.29, 1.82) is 0 Å². The van der Waals surface area contributed by atoms with Crippen molar-refractivity contribution in [2.75, 3.05) is 18.5 Å². The molecule has 0 aliphatic carbocycles. The van der Waals surface area contributed by atoms with Crippen LogP contribution in [0.1, 0.15) is 45.0 Å². The number of hydrogen-bond acceptors (Lipinski definition) is 6. The van der Waals surface area contributed by atoms with Crippen molar-refractivity contribution >= 4 is 50.9 Å². The van der Waals surface area contributed by atoms with Crippen LogP contribution in [0, 0.1) is 10.5 Å². The molecular weight excluding hydrogens is 493 g/mol. The molecule has 1 aromatic carbocycles. The van der Waals surface area contributed by atoms with Gasteiger partial charge in [-0.25, -0.2) is 4.79 Å². The Labute approximate surface area is 180 Å². The van der Waals surface area contributed by atoms with Gasteiger partial charge in [0.05, 0.1) is 18.7 Å². The third-order valence-electron chi connectivity index (χ3n) is 4.97. The summed E-state index contributed by atoms with van der Waals surface area (Å²) < 4.78 is 6.08. The van der Waals surface area contributed by atoms with E-state index in [0.717, 1.165) is 24.6 Å². The van der Waals surface area contributed by atoms with Crippen molar-refractivity contribution in [2.45, 2.75) is 33.0 Å². The number of amides is 2. The molecule has 2 aliphatic heterocycles. The molecule has 0 saturated heterocycles. The highest BCUT2D eigenvalue weighted by molar-refractivity contribution is 14.1. The molecule has 9 heteroatoms. The van der Waals surface area contributed by atoms with Crippen LogP contribution in [-0.2, 0) is 17.7 Å². The van der Waals surface area contributed by atoms with Gasteiger partial charge in [0, 0.05) is 20.6 Å². The van der Waals surface area contributed by atoms with E-state index in [1.54, 1.807) is 11.8 Å². The molecule has 28 heavy (non-hydrogen) atoms. The van der Waals surface area contributed by atoms with Gasteiger partial charge in [-0.2, -0.15) is 0 Å². The zero-order valence-corrected chi connectivity index (χ0v) is 18.4. The summed E-state index contributed by atoms with van der Waals surface area (Å²) in [5.74, 6) is 0.0215. The number of rotatable bonds is 2. The van der Waals surface area contributed by atoms with E-state index in [9.17, 15) is 14.7 Å². The van der Waals surface area contributed by atoms with Crippen molar-refractivity contribution in [3.8, 4) is 5.75 Å². The predicted molar refractivity (Wildman–Crippen MR) is 115 cm³/mol. The van der Waals surface area contributed by atoms with E-state index in [2.05, 4.69) is 33.2 Å². The number of nitrogens with one attached hydrogen (secondary N) is 2. The molecule has 7 nitrogen and oxygen atoms in total. The van der Waals surface area contributed by atoms with Crippen LogP contribution in [0.4, 0.5) is 9.80 Å². The smallest absolute Gasteiger partial charge is 0.410 e. The first-order chi connectivity index (χ1) is 13.4. The Morgan fingerprint density at radius 2 is 2.21 bits per heavy atom. The third kappa shape index (κ3) is 3.30. The number of phenolic OH excluding ortho intramolecular Hbond substituents is 1. The minimum atomic E-state index is -0.505. The number of anilines is 1.